The van der Waals surface area contributed by atoms with Gasteiger partial charge in [0, 0.05) is 22.7 Å². The van der Waals surface area contributed by atoms with E-state index in [2.05, 4.69) is 6.07 Å². The zero-order valence-electron chi connectivity index (χ0n) is 18.4. The van der Waals surface area contributed by atoms with E-state index < -0.39 is 22.3 Å². The van der Waals surface area contributed by atoms with Crippen LogP contribution in [0.2, 0.25) is 10.0 Å². The zero-order valence-corrected chi connectivity index (χ0v) is 19.9. The third kappa shape index (κ3) is 4.20. The van der Waals surface area contributed by atoms with Gasteiger partial charge in [0.25, 0.3) is 11.2 Å². The van der Waals surface area contributed by atoms with Gasteiger partial charge < -0.3 is 4.74 Å². The van der Waals surface area contributed by atoms with Gasteiger partial charge in [-0.25, -0.2) is 9.80 Å². The maximum absolute atomic E-state index is 13.5. The van der Waals surface area contributed by atoms with Crippen LogP contribution in [0.25, 0.3) is 0 Å². The Morgan fingerprint density at radius 2 is 1.86 bits per heavy atom. The van der Waals surface area contributed by atoms with Crippen LogP contribution in [-0.4, -0.2) is 28.8 Å². The van der Waals surface area contributed by atoms with Gasteiger partial charge >= 0.3 is 5.97 Å². The molecule has 176 valence electrons. The average molecular weight is 509 g/mol. The quantitative estimate of drug-likeness (QED) is 0.238. The van der Waals surface area contributed by atoms with Gasteiger partial charge in [0.1, 0.15) is 6.07 Å². The van der Waals surface area contributed by atoms with Gasteiger partial charge in [0.15, 0.2) is 0 Å². The first-order valence-corrected chi connectivity index (χ1v) is 11.3. The van der Waals surface area contributed by atoms with Gasteiger partial charge in [0.2, 0.25) is 0 Å². The Balaban J connectivity index is 2.01. The molecule has 0 aromatic heterocycles. The van der Waals surface area contributed by atoms with Gasteiger partial charge in [-0.05, 0) is 36.8 Å². The van der Waals surface area contributed by atoms with Gasteiger partial charge in [-0.1, -0.05) is 59.6 Å². The van der Waals surface area contributed by atoms with Crippen LogP contribution < -0.4 is 5.01 Å². The summed E-state index contributed by atoms with van der Waals surface area (Å²) in [7, 11) is 0. The van der Waals surface area contributed by atoms with E-state index >= 15 is 0 Å². The molecular weight excluding hydrogens is 491 g/mol. The van der Waals surface area contributed by atoms with Crippen molar-refractivity contribution in [2.45, 2.75) is 18.4 Å². The summed E-state index contributed by atoms with van der Waals surface area (Å²) < 4.78 is 5.38. The number of nitrogens with zero attached hydrogens (tertiary/aromatic N) is 4. The van der Waals surface area contributed by atoms with Gasteiger partial charge in [-0.2, -0.15) is 10.4 Å². The van der Waals surface area contributed by atoms with Crippen LogP contribution in [0.1, 0.15) is 24.0 Å². The second kappa shape index (κ2) is 9.74. The maximum Gasteiger partial charge on any atom is 0.350 e. The number of nitriles is 1. The average Bonchev–Trinajstić information content (AvgIpc) is 3.20. The van der Waals surface area contributed by atoms with Crippen LogP contribution in [-0.2, 0) is 9.53 Å². The highest BCUT2D eigenvalue weighted by molar-refractivity contribution is 6.37. The number of hydrogen-bond donors (Lipinski definition) is 0. The fourth-order valence-electron chi connectivity index (χ4n) is 4.10. The van der Waals surface area contributed by atoms with Crippen LogP contribution in [0.3, 0.4) is 0 Å². The second-order valence-corrected chi connectivity index (χ2v) is 8.48. The third-order valence-corrected chi connectivity index (χ3v) is 6.18. The van der Waals surface area contributed by atoms with Crippen molar-refractivity contribution in [3.05, 3.63) is 104 Å². The molecular formula is C25H18Cl2N4O4. The first-order valence-electron chi connectivity index (χ1n) is 10.6. The molecule has 0 spiro atoms. The molecule has 0 saturated carbocycles. The fourth-order valence-corrected chi connectivity index (χ4v) is 4.60. The number of nitro benzene ring substituents is 1. The number of ether oxygens (including phenoxy) is 1. The van der Waals surface area contributed by atoms with Crippen LogP contribution in [0.15, 0.2) is 77.9 Å². The normalized spacial score (nSPS) is 19.1. The van der Waals surface area contributed by atoms with E-state index in [0.717, 1.165) is 0 Å². The Bertz CT molecular complexity index is 1360. The first-order chi connectivity index (χ1) is 16.8. The topological polar surface area (TPSA) is 109 Å². The van der Waals surface area contributed by atoms with Crippen molar-refractivity contribution >= 4 is 46.3 Å². The first kappa shape index (κ1) is 24.2. The van der Waals surface area contributed by atoms with Crippen molar-refractivity contribution in [1.82, 2.24) is 0 Å². The molecule has 0 aliphatic carbocycles. The molecule has 1 heterocycles. The van der Waals surface area contributed by atoms with Crippen molar-refractivity contribution in [2.24, 2.45) is 5.10 Å². The number of rotatable bonds is 6. The maximum atomic E-state index is 13.5. The van der Waals surface area contributed by atoms with E-state index in [4.69, 9.17) is 33.0 Å². The standard InChI is InChI=1S/C25H18Cl2N4O4/c1-2-35-24(32)25(15-28)22(16-6-4-3-5-7-16)23(20-13-8-17(26)14-21(20)27)29-30(25)18-9-11-19(12-10-18)31(33)34/h3-14,22H,2H2,1H3/t22-,25+/m0/s1. The van der Waals surface area contributed by atoms with Gasteiger partial charge in [-0.15, -0.1) is 0 Å². The lowest BCUT2D eigenvalue weighted by Gasteiger charge is -2.34. The molecule has 1 aliphatic heterocycles. The van der Waals surface area contributed by atoms with Crippen LogP contribution in [0.5, 0.6) is 0 Å². The van der Waals surface area contributed by atoms with E-state index in [9.17, 15) is 20.2 Å². The molecule has 2 atom stereocenters. The Labute approximate surface area is 211 Å². The zero-order chi connectivity index (χ0) is 25.2. The predicted molar refractivity (Wildman–Crippen MR) is 133 cm³/mol. The summed E-state index contributed by atoms with van der Waals surface area (Å²) in [6.45, 7) is 1.68. The molecule has 10 heteroatoms. The number of esters is 1. The Morgan fingerprint density at radius 3 is 2.43 bits per heavy atom. The number of anilines is 1. The Kier molecular flexibility index (Phi) is 6.74. The van der Waals surface area contributed by atoms with E-state index in [0.29, 0.717) is 32.6 Å². The smallest absolute Gasteiger partial charge is 0.350 e. The van der Waals surface area contributed by atoms with Gasteiger partial charge in [-0.3, -0.25) is 10.1 Å². The van der Waals surface area contributed by atoms with Crippen molar-refractivity contribution < 1.29 is 14.5 Å². The van der Waals surface area contributed by atoms with E-state index in [1.807, 2.05) is 6.07 Å². The number of hydrogen-bond acceptors (Lipinski definition) is 7. The largest absolute Gasteiger partial charge is 0.463 e. The number of carbonyl (C=O) groups excluding carboxylic acids is 1. The SMILES string of the molecule is CCOC(=O)[C@@]1(C#N)[C@@H](c2ccccc2)C(c2ccc(Cl)cc2Cl)=NN1c1ccc([N+](=O)[O-])cc1. The summed E-state index contributed by atoms with van der Waals surface area (Å²) in [6.07, 6.45) is 0. The Morgan fingerprint density at radius 1 is 1.17 bits per heavy atom. The summed E-state index contributed by atoms with van der Waals surface area (Å²) in [5, 5.41) is 28.4. The highest BCUT2D eigenvalue weighted by Gasteiger charge is 2.60. The monoisotopic (exact) mass is 508 g/mol. The molecule has 0 amide bonds. The molecule has 35 heavy (non-hydrogen) atoms. The molecule has 1 aliphatic rings. The van der Waals surface area contributed by atoms with E-state index in [-0.39, 0.29) is 12.3 Å². The van der Waals surface area contributed by atoms with Crippen molar-refractivity contribution in [1.29, 1.82) is 5.26 Å². The number of benzene rings is 3. The highest BCUT2D eigenvalue weighted by atomic mass is 35.5. The molecule has 3 aromatic carbocycles. The third-order valence-electron chi connectivity index (χ3n) is 5.64. The van der Waals surface area contributed by atoms with Crippen molar-refractivity contribution in [3.8, 4) is 6.07 Å². The molecule has 0 fully saturated rings. The minimum atomic E-state index is -1.95. The highest BCUT2D eigenvalue weighted by Crippen LogP contribution is 2.46. The summed E-state index contributed by atoms with van der Waals surface area (Å²) in [6, 6.07) is 21.4. The molecule has 0 bridgehead atoms. The van der Waals surface area contributed by atoms with Crippen LogP contribution >= 0.6 is 23.2 Å². The van der Waals surface area contributed by atoms with E-state index in [1.165, 1.54) is 29.3 Å². The fraction of sp³-hybridized carbons (Fsp3) is 0.160. The number of halogens is 2. The molecule has 3 aromatic rings. The van der Waals surface area contributed by atoms with Crippen molar-refractivity contribution in [3.63, 3.8) is 0 Å². The number of carbonyl (C=O) groups is 1. The summed E-state index contributed by atoms with van der Waals surface area (Å²) in [4.78, 5) is 24.2. The summed E-state index contributed by atoms with van der Waals surface area (Å²) in [5.74, 6) is -1.71. The van der Waals surface area contributed by atoms with Crippen molar-refractivity contribution in [2.75, 3.05) is 11.6 Å². The molecule has 0 unspecified atom stereocenters. The van der Waals surface area contributed by atoms with E-state index in [1.54, 1.807) is 49.4 Å². The van der Waals surface area contributed by atoms with Crippen LogP contribution in [0, 0.1) is 21.4 Å². The van der Waals surface area contributed by atoms with Gasteiger partial charge in [0.05, 0.1) is 33.9 Å². The number of hydrazone groups is 1. The lowest BCUT2D eigenvalue weighted by molar-refractivity contribution is -0.384. The molecule has 8 nitrogen and oxygen atoms in total. The number of non-ortho nitro benzene ring substituents is 1. The molecule has 0 radical (unpaired) electrons. The molecule has 4 rings (SSSR count). The number of nitro groups is 1. The lowest BCUT2D eigenvalue weighted by atomic mass is 9.75. The molecule has 0 saturated heterocycles. The predicted octanol–water partition coefficient (Wildman–Crippen LogP) is 5.74. The molecule has 0 N–H and O–H groups in total. The summed E-state index contributed by atoms with van der Waals surface area (Å²) in [5.41, 5.74) is -0.325. The minimum absolute atomic E-state index is 0.0366. The summed E-state index contributed by atoms with van der Waals surface area (Å²) >= 11 is 12.6. The lowest BCUT2D eigenvalue weighted by Crippen LogP contribution is -2.54. The minimum Gasteiger partial charge on any atom is -0.463 e. The van der Waals surface area contributed by atoms with Crippen LogP contribution in [0.4, 0.5) is 11.4 Å². The Hall–Kier alpha value is -3.93. The second-order valence-electron chi connectivity index (χ2n) is 7.64.